The van der Waals surface area contributed by atoms with Crippen LogP contribution in [0, 0.1) is 0 Å². The van der Waals surface area contributed by atoms with Crippen molar-refractivity contribution in [2.45, 2.75) is 33.0 Å². The van der Waals surface area contributed by atoms with E-state index in [0.717, 1.165) is 26.7 Å². The summed E-state index contributed by atoms with van der Waals surface area (Å²) in [4.78, 5) is 2.18. The van der Waals surface area contributed by atoms with Gasteiger partial charge in [0, 0.05) is 0 Å². The smallest absolute Gasteiger partial charge is 0.231 e. The van der Waals surface area contributed by atoms with Crippen LogP contribution in [0.1, 0.15) is 26.2 Å². The molecule has 0 fully saturated rings. The van der Waals surface area contributed by atoms with Crippen molar-refractivity contribution in [3.8, 4) is 0 Å². The first-order valence-electron chi connectivity index (χ1n) is 6.11. The summed E-state index contributed by atoms with van der Waals surface area (Å²) >= 11 is 0. The maximum absolute atomic E-state index is 2.22. The molecule has 0 radical (unpaired) electrons. The van der Waals surface area contributed by atoms with E-state index in [1.807, 2.05) is 6.92 Å². The van der Waals surface area contributed by atoms with Crippen molar-refractivity contribution in [2.75, 3.05) is 7.05 Å². The number of hydrogen-bond donors (Lipinski definition) is 0. The molecule has 0 saturated carbocycles. The van der Waals surface area contributed by atoms with Crippen LogP contribution < -0.4 is 0 Å². The van der Waals surface area contributed by atoms with Crippen LogP contribution in [0.4, 0.5) is 0 Å². The Morgan fingerprint density at radius 1 is 1.00 bits per heavy atom. The number of rotatable bonds is 8. The predicted molar refractivity (Wildman–Crippen MR) is 76.9 cm³/mol. The van der Waals surface area contributed by atoms with Crippen molar-refractivity contribution in [1.29, 1.82) is 0 Å². The normalized spacial score (nSPS) is 12.4. The highest BCUT2D eigenvalue weighted by Crippen LogP contribution is 1.95. The van der Waals surface area contributed by atoms with Crippen LogP contribution >= 0.6 is 0 Å². The van der Waals surface area contributed by atoms with Gasteiger partial charge in [0.05, 0.1) is 0 Å². The lowest BCUT2D eigenvalue weighted by Gasteiger charge is -2.07. The Balaban J connectivity index is 3.47. The summed E-state index contributed by atoms with van der Waals surface area (Å²) in [5.74, 6) is 0. The van der Waals surface area contributed by atoms with Gasteiger partial charge in [-0.15, -0.1) is 0 Å². The Kier molecular flexibility index (Phi) is 11.0. The summed E-state index contributed by atoms with van der Waals surface area (Å²) in [7, 11) is 3.16. The lowest BCUT2D eigenvalue weighted by atomic mass is 9.98. The van der Waals surface area contributed by atoms with Gasteiger partial charge in [0.25, 0.3) is 0 Å². The molecule has 0 aromatic rings. The highest BCUT2D eigenvalue weighted by Gasteiger charge is 1.83. The van der Waals surface area contributed by atoms with E-state index in [-0.39, 0.29) is 0 Å². The molecule has 0 N–H and O–H groups in total. The Morgan fingerprint density at radius 3 is 2.38 bits per heavy atom. The van der Waals surface area contributed by atoms with Crippen LogP contribution in [-0.4, -0.2) is 19.3 Å². The maximum atomic E-state index is 2.22. The van der Waals surface area contributed by atoms with E-state index in [9.17, 15) is 0 Å². The molecule has 0 unspecified atom stereocenters. The first-order chi connectivity index (χ1) is 7.81. The van der Waals surface area contributed by atoms with Crippen LogP contribution in [0.2, 0.25) is 6.82 Å². The van der Waals surface area contributed by atoms with E-state index < -0.39 is 0 Å². The molecule has 0 heterocycles. The molecule has 0 bridgehead atoms. The lowest BCUT2D eigenvalue weighted by molar-refractivity contribution is 0.727. The van der Waals surface area contributed by atoms with Crippen LogP contribution in [0.3, 0.4) is 0 Å². The summed E-state index contributed by atoms with van der Waals surface area (Å²) < 4.78 is 0. The predicted octanol–water partition coefficient (Wildman–Crippen LogP) is 3.69. The molecule has 0 aliphatic rings. The average molecular weight is 217 g/mol. The van der Waals surface area contributed by atoms with Crippen molar-refractivity contribution >= 4 is 7.41 Å². The monoisotopic (exact) mass is 217 g/mol. The van der Waals surface area contributed by atoms with Crippen molar-refractivity contribution in [2.24, 2.45) is 0 Å². The second-order valence-electron chi connectivity index (χ2n) is 3.70. The zero-order chi connectivity index (χ0) is 12.1. The quantitative estimate of drug-likeness (QED) is 0.259. The molecule has 0 saturated heterocycles. The van der Waals surface area contributed by atoms with E-state index >= 15 is 0 Å². The highest BCUT2D eigenvalue weighted by atomic mass is 15.0. The van der Waals surface area contributed by atoms with Gasteiger partial charge in [-0.3, -0.25) is 0 Å². The molecule has 1 nitrogen and oxygen atoms in total. The summed E-state index contributed by atoms with van der Waals surface area (Å²) in [5, 5.41) is 0. The molecule has 2 heteroatoms. The van der Waals surface area contributed by atoms with Gasteiger partial charge in [-0.2, -0.15) is 0 Å². The zero-order valence-corrected chi connectivity index (χ0v) is 10.9. The number of nitrogens with zero attached hydrogens (tertiary/aromatic N) is 1. The van der Waals surface area contributed by atoms with Crippen molar-refractivity contribution in [1.82, 2.24) is 4.81 Å². The van der Waals surface area contributed by atoms with E-state index in [1.165, 1.54) is 0 Å². The number of allylic oxidation sites excluding steroid dienone is 7. The van der Waals surface area contributed by atoms with Crippen molar-refractivity contribution in [3.63, 3.8) is 0 Å². The Labute approximate surface area is 101 Å². The maximum Gasteiger partial charge on any atom is 0.231 e. The van der Waals surface area contributed by atoms with E-state index in [4.69, 9.17) is 0 Å². The van der Waals surface area contributed by atoms with Crippen LogP contribution in [0.5, 0.6) is 0 Å². The Hall–Kier alpha value is -1.18. The first kappa shape index (κ1) is 14.8. The minimum atomic E-state index is 1.03. The van der Waals surface area contributed by atoms with E-state index in [0.29, 0.717) is 0 Å². The highest BCUT2D eigenvalue weighted by molar-refractivity contribution is 6.30. The van der Waals surface area contributed by atoms with E-state index in [2.05, 4.69) is 67.4 Å². The molecular weight excluding hydrogens is 193 g/mol. The fraction of sp³-hybridized carbons (Fsp3) is 0.429. The van der Waals surface area contributed by atoms with Crippen molar-refractivity contribution in [3.05, 3.63) is 48.7 Å². The molecule has 88 valence electrons. The third kappa shape index (κ3) is 10.9. The van der Waals surface area contributed by atoms with Gasteiger partial charge in [0.1, 0.15) is 0 Å². The minimum absolute atomic E-state index is 1.03. The van der Waals surface area contributed by atoms with Gasteiger partial charge >= 0.3 is 0 Å². The molecule has 0 aromatic carbocycles. The second-order valence-corrected chi connectivity index (χ2v) is 3.70. The van der Waals surface area contributed by atoms with Gasteiger partial charge in [0.2, 0.25) is 7.41 Å². The SMILES string of the molecule is CBN(C)/C=C\CC/C=C\C=C/C/C=C\C. The topological polar surface area (TPSA) is 3.24 Å². The van der Waals surface area contributed by atoms with E-state index in [1.54, 1.807) is 0 Å². The van der Waals surface area contributed by atoms with Gasteiger partial charge in [-0.1, -0.05) is 49.4 Å². The molecule has 0 aliphatic heterocycles. The summed E-state index contributed by atoms with van der Waals surface area (Å²) in [5.41, 5.74) is 0. The van der Waals surface area contributed by atoms with Gasteiger partial charge in [-0.25, -0.2) is 0 Å². The molecule has 0 aromatic heterocycles. The molecule has 16 heavy (non-hydrogen) atoms. The van der Waals surface area contributed by atoms with Crippen LogP contribution in [-0.2, 0) is 0 Å². The minimum Gasteiger partial charge on any atom is -0.427 e. The number of hydrogen-bond acceptors (Lipinski definition) is 1. The average Bonchev–Trinajstić information content (AvgIpc) is 2.31. The summed E-state index contributed by atoms with van der Waals surface area (Å²) in [6.45, 7) is 4.20. The van der Waals surface area contributed by atoms with Crippen molar-refractivity contribution < 1.29 is 0 Å². The van der Waals surface area contributed by atoms with Gasteiger partial charge < -0.3 is 4.81 Å². The first-order valence-corrected chi connectivity index (χ1v) is 6.11. The largest absolute Gasteiger partial charge is 0.427 e. The standard InChI is InChI=1S/C14H24BN/c1-4-5-6-7-8-9-10-11-12-13-14-16(3)15-2/h4-5,7-10,13-15H,6,11-12H2,1-3H3/b5-4-,8-7-,10-9-,14-13-. The third-order valence-electron chi connectivity index (χ3n) is 2.25. The van der Waals surface area contributed by atoms with Gasteiger partial charge in [-0.05, 0) is 39.4 Å². The summed E-state index contributed by atoms with van der Waals surface area (Å²) in [6.07, 6.45) is 20.5. The molecule has 0 aliphatic carbocycles. The molecule has 0 spiro atoms. The zero-order valence-electron chi connectivity index (χ0n) is 10.9. The fourth-order valence-corrected chi connectivity index (χ4v) is 1.10. The molecule has 0 rings (SSSR count). The summed E-state index contributed by atoms with van der Waals surface area (Å²) in [6, 6.07) is 0. The third-order valence-corrected chi connectivity index (χ3v) is 2.25. The molecule has 0 atom stereocenters. The Bertz CT molecular complexity index is 251. The van der Waals surface area contributed by atoms with Crippen LogP contribution in [0.25, 0.3) is 0 Å². The van der Waals surface area contributed by atoms with Gasteiger partial charge in [0.15, 0.2) is 0 Å². The second kappa shape index (κ2) is 11.9. The Morgan fingerprint density at radius 2 is 1.69 bits per heavy atom. The fourth-order valence-electron chi connectivity index (χ4n) is 1.10. The molecule has 0 amide bonds. The number of unbranched alkanes of at least 4 members (excludes halogenated alkanes) is 1. The lowest BCUT2D eigenvalue weighted by Crippen LogP contribution is -2.11. The molecular formula is C14H24BN. The van der Waals surface area contributed by atoms with Crippen LogP contribution in [0.15, 0.2) is 48.7 Å².